The van der Waals surface area contributed by atoms with Gasteiger partial charge in [0.05, 0.1) is 11.9 Å². The Morgan fingerprint density at radius 2 is 2.04 bits per heavy atom. The van der Waals surface area contributed by atoms with Crippen LogP contribution in [0.1, 0.15) is 10.8 Å². The van der Waals surface area contributed by atoms with Gasteiger partial charge < -0.3 is 8.98 Å². The normalized spacial score (nSPS) is 11.0. The van der Waals surface area contributed by atoms with E-state index in [4.69, 9.17) is 4.42 Å². The number of aryl methyl sites for hydroxylation is 2. The molecule has 3 aromatic heterocycles. The van der Waals surface area contributed by atoms with E-state index in [0.717, 1.165) is 29.4 Å². The quantitative estimate of drug-likeness (QED) is 0.449. The second-order valence-electron chi connectivity index (χ2n) is 5.41. The van der Waals surface area contributed by atoms with Crippen LogP contribution in [0.3, 0.4) is 0 Å². The van der Waals surface area contributed by atoms with Crippen molar-refractivity contribution in [3.8, 4) is 11.3 Å². The van der Waals surface area contributed by atoms with Gasteiger partial charge in [-0.2, -0.15) is 0 Å². The van der Waals surface area contributed by atoms with Crippen LogP contribution in [0.5, 0.6) is 0 Å². The molecule has 0 saturated heterocycles. The van der Waals surface area contributed by atoms with Crippen LogP contribution in [-0.4, -0.2) is 19.7 Å². The zero-order valence-corrected chi connectivity index (χ0v) is 15.0. The van der Waals surface area contributed by atoms with Crippen molar-refractivity contribution in [2.45, 2.75) is 23.9 Å². The number of oxazole rings is 1. The van der Waals surface area contributed by atoms with E-state index in [1.54, 1.807) is 35.6 Å². The smallest absolute Gasteiger partial charge is 0.205 e. The lowest BCUT2D eigenvalue weighted by Gasteiger charge is -2.04. The maximum atomic E-state index is 5.84. The van der Waals surface area contributed by atoms with Crippen molar-refractivity contribution in [1.29, 1.82) is 0 Å². The summed E-state index contributed by atoms with van der Waals surface area (Å²) >= 11 is 3.36. The summed E-state index contributed by atoms with van der Waals surface area (Å²) in [6, 6.07) is 14.2. The molecule has 0 spiro atoms. The average Bonchev–Trinajstić information content (AvgIpc) is 3.40. The molecule has 0 aliphatic heterocycles. The fourth-order valence-corrected chi connectivity index (χ4v) is 3.93. The first-order valence-electron chi connectivity index (χ1n) is 7.91. The van der Waals surface area contributed by atoms with Crippen molar-refractivity contribution < 1.29 is 4.42 Å². The molecule has 4 rings (SSSR count). The zero-order valence-electron chi connectivity index (χ0n) is 13.4. The molecule has 4 aromatic rings. The second kappa shape index (κ2) is 7.67. The maximum Gasteiger partial charge on any atom is 0.205 e. The monoisotopic (exact) mass is 368 g/mol. The standard InChI is InChI=1S/C18H16N4OS2/c1-2-5-14(6-3-1)16-11-19-17(23-16)12-25-18-21-20-13-22(18)9-8-15-7-4-10-24-15/h1-7,10-11,13H,8-9,12H2. The summed E-state index contributed by atoms with van der Waals surface area (Å²) in [6.45, 7) is 0.872. The third-order valence-electron chi connectivity index (χ3n) is 3.70. The van der Waals surface area contributed by atoms with Crippen molar-refractivity contribution in [3.05, 3.63) is 71.1 Å². The molecular formula is C18H16N4OS2. The van der Waals surface area contributed by atoms with Gasteiger partial charge in [0.2, 0.25) is 5.89 Å². The lowest BCUT2D eigenvalue weighted by molar-refractivity contribution is 0.529. The Morgan fingerprint density at radius 1 is 1.12 bits per heavy atom. The third-order valence-corrected chi connectivity index (χ3v) is 5.60. The number of rotatable bonds is 7. The Balaban J connectivity index is 1.37. The van der Waals surface area contributed by atoms with E-state index >= 15 is 0 Å². The number of benzene rings is 1. The molecule has 0 bridgehead atoms. The molecule has 0 unspecified atom stereocenters. The van der Waals surface area contributed by atoms with Gasteiger partial charge in [-0.15, -0.1) is 21.5 Å². The van der Waals surface area contributed by atoms with Crippen LogP contribution in [0.4, 0.5) is 0 Å². The van der Waals surface area contributed by atoms with Crippen LogP contribution in [-0.2, 0) is 18.7 Å². The van der Waals surface area contributed by atoms with Gasteiger partial charge in [0.25, 0.3) is 0 Å². The minimum atomic E-state index is 0.629. The highest BCUT2D eigenvalue weighted by molar-refractivity contribution is 7.98. The molecule has 0 atom stereocenters. The van der Waals surface area contributed by atoms with Crippen LogP contribution in [0.25, 0.3) is 11.3 Å². The summed E-state index contributed by atoms with van der Waals surface area (Å²) in [5.41, 5.74) is 1.03. The van der Waals surface area contributed by atoms with Gasteiger partial charge in [-0.25, -0.2) is 4.98 Å². The van der Waals surface area contributed by atoms with Crippen LogP contribution >= 0.6 is 23.1 Å². The number of hydrogen-bond donors (Lipinski definition) is 0. The first-order chi connectivity index (χ1) is 12.4. The number of hydrogen-bond acceptors (Lipinski definition) is 6. The highest BCUT2D eigenvalue weighted by Crippen LogP contribution is 2.25. The lowest BCUT2D eigenvalue weighted by Crippen LogP contribution is -2.01. The molecule has 0 aliphatic rings. The molecule has 1 aromatic carbocycles. The summed E-state index contributed by atoms with van der Waals surface area (Å²) in [5, 5.41) is 11.2. The predicted molar refractivity (Wildman–Crippen MR) is 99.5 cm³/mol. The molecule has 5 nitrogen and oxygen atoms in total. The zero-order chi connectivity index (χ0) is 16.9. The summed E-state index contributed by atoms with van der Waals surface area (Å²) in [7, 11) is 0. The highest BCUT2D eigenvalue weighted by Gasteiger charge is 2.10. The molecule has 7 heteroatoms. The van der Waals surface area contributed by atoms with Gasteiger partial charge in [-0.1, -0.05) is 48.2 Å². The van der Waals surface area contributed by atoms with Gasteiger partial charge in [0.15, 0.2) is 10.9 Å². The molecule has 126 valence electrons. The van der Waals surface area contributed by atoms with E-state index in [-0.39, 0.29) is 0 Å². The van der Waals surface area contributed by atoms with E-state index in [1.165, 1.54) is 4.88 Å². The summed E-state index contributed by atoms with van der Waals surface area (Å²) in [5.74, 6) is 2.11. The minimum absolute atomic E-state index is 0.629. The number of thiophene rings is 1. The largest absolute Gasteiger partial charge is 0.440 e. The number of nitrogens with zero attached hydrogens (tertiary/aromatic N) is 4. The van der Waals surface area contributed by atoms with Gasteiger partial charge in [-0.3, -0.25) is 0 Å². The van der Waals surface area contributed by atoms with E-state index < -0.39 is 0 Å². The van der Waals surface area contributed by atoms with Crippen LogP contribution in [0.2, 0.25) is 0 Å². The van der Waals surface area contributed by atoms with E-state index in [0.29, 0.717) is 11.6 Å². The second-order valence-corrected chi connectivity index (χ2v) is 7.38. The molecule has 0 amide bonds. The molecule has 0 radical (unpaired) electrons. The fourth-order valence-electron chi connectivity index (χ4n) is 2.43. The summed E-state index contributed by atoms with van der Waals surface area (Å²) < 4.78 is 7.91. The Kier molecular flexibility index (Phi) is 4.94. The molecule has 0 aliphatic carbocycles. The molecule has 0 fully saturated rings. The molecular weight excluding hydrogens is 352 g/mol. The maximum absolute atomic E-state index is 5.84. The van der Waals surface area contributed by atoms with Gasteiger partial charge in [0, 0.05) is 17.0 Å². The fraction of sp³-hybridized carbons (Fsp3) is 0.167. The summed E-state index contributed by atoms with van der Waals surface area (Å²) in [4.78, 5) is 5.73. The topological polar surface area (TPSA) is 56.7 Å². The Bertz CT molecular complexity index is 916. The lowest BCUT2D eigenvalue weighted by atomic mass is 10.2. The number of aromatic nitrogens is 4. The van der Waals surface area contributed by atoms with E-state index in [1.807, 2.05) is 30.3 Å². The molecule has 0 saturated carbocycles. The average molecular weight is 368 g/mol. The Labute approximate surface area is 153 Å². The third kappa shape index (κ3) is 4.00. The van der Waals surface area contributed by atoms with Crippen molar-refractivity contribution >= 4 is 23.1 Å². The SMILES string of the molecule is c1ccc(-c2cnc(CSc3nncn3CCc3cccs3)o2)cc1. The van der Waals surface area contributed by atoms with Gasteiger partial charge in [0.1, 0.15) is 6.33 Å². The summed E-state index contributed by atoms with van der Waals surface area (Å²) in [6.07, 6.45) is 4.54. The van der Waals surface area contributed by atoms with Crippen molar-refractivity contribution in [2.75, 3.05) is 0 Å². The van der Waals surface area contributed by atoms with Crippen LogP contribution in [0.15, 0.2) is 69.9 Å². The van der Waals surface area contributed by atoms with Gasteiger partial charge >= 0.3 is 0 Å². The first kappa shape index (κ1) is 16.1. The van der Waals surface area contributed by atoms with Crippen LogP contribution < -0.4 is 0 Å². The van der Waals surface area contributed by atoms with Crippen molar-refractivity contribution in [2.24, 2.45) is 0 Å². The number of thioether (sulfide) groups is 1. The molecule has 25 heavy (non-hydrogen) atoms. The first-order valence-corrected chi connectivity index (χ1v) is 9.78. The highest BCUT2D eigenvalue weighted by atomic mass is 32.2. The predicted octanol–water partition coefficient (Wildman–Crippen LogP) is 4.53. The minimum Gasteiger partial charge on any atom is -0.440 e. The van der Waals surface area contributed by atoms with Crippen molar-refractivity contribution in [1.82, 2.24) is 19.7 Å². The van der Waals surface area contributed by atoms with Gasteiger partial charge in [-0.05, 0) is 17.9 Å². The van der Waals surface area contributed by atoms with E-state index in [9.17, 15) is 0 Å². The molecule has 3 heterocycles. The van der Waals surface area contributed by atoms with E-state index in [2.05, 4.69) is 37.3 Å². The van der Waals surface area contributed by atoms with Crippen molar-refractivity contribution in [3.63, 3.8) is 0 Å². The van der Waals surface area contributed by atoms with Crippen LogP contribution in [0, 0.1) is 0 Å². The Hall–Kier alpha value is -2.38. The Morgan fingerprint density at radius 3 is 2.88 bits per heavy atom. The molecule has 0 N–H and O–H groups in total.